The van der Waals surface area contributed by atoms with Crippen LogP contribution in [0.4, 0.5) is 5.69 Å². The maximum absolute atomic E-state index is 6.74. The molecule has 8 heteroatoms. The molecule has 5 heterocycles. The number of ether oxygens (including phenoxy) is 2. The summed E-state index contributed by atoms with van der Waals surface area (Å²) in [5, 5.41) is 6.92. The molecule has 8 rings (SSSR count). The Hall–Kier alpha value is -2.45. The molecule has 0 spiro atoms. The van der Waals surface area contributed by atoms with Gasteiger partial charge in [0.05, 0.1) is 42.8 Å². The van der Waals surface area contributed by atoms with Gasteiger partial charge in [0.15, 0.2) is 0 Å². The maximum Gasteiger partial charge on any atom is 0.316 e. The van der Waals surface area contributed by atoms with Gasteiger partial charge in [-0.1, -0.05) is 35.9 Å². The second-order valence-corrected chi connectivity index (χ2v) is 13.5. The zero-order valence-electron chi connectivity index (χ0n) is 23.8. The van der Waals surface area contributed by atoms with Crippen molar-refractivity contribution in [1.82, 2.24) is 20.2 Å². The van der Waals surface area contributed by atoms with Crippen LogP contribution in [0.2, 0.25) is 5.02 Å². The lowest BCUT2D eigenvalue weighted by Gasteiger charge is -2.35. The highest BCUT2D eigenvalue weighted by Gasteiger charge is 2.45. The van der Waals surface area contributed by atoms with E-state index < -0.39 is 0 Å². The van der Waals surface area contributed by atoms with E-state index in [0.29, 0.717) is 30.6 Å². The van der Waals surface area contributed by atoms with Crippen molar-refractivity contribution in [3.05, 3.63) is 58.4 Å². The molecule has 4 aliphatic heterocycles. The van der Waals surface area contributed by atoms with Crippen molar-refractivity contribution in [3.8, 4) is 6.01 Å². The van der Waals surface area contributed by atoms with Gasteiger partial charge in [-0.3, -0.25) is 4.90 Å². The fourth-order valence-corrected chi connectivity index (χ4v) is 8.12. The van der Waals surface area contributed by atoms with Gasteiger partial charge in [-0.15, -0.1) is 0 Å². The Bertz CT molecular complexity index is 1420. The van der Waals surface area contributed by atoms with Crippen molar-refractivity contribution in [3.63, 3.8) is 0 Å². The summed E-state index contributed by atoms with van der Waals surface area (Å²) in [6.45, 7) is 7.19. The highest BCUT2D eigenvalue weighted by Crippen LogP contribution is 2.47. The molecular weight excluding hydrogens is 534 g/mol. The molecule has 5 aliphatic rings. The third-order valence-electron chi connectivity index (χ3n) is 10.2. The Labute approximate surface area is 247 Å². The van der Waals surface area contributed by atoms with Gasteiger partial charge in [-0.2, -0.15) is 9.97 Å². The van der Waals surface area contributed by atoms with E-state index in [1.807, 2.05) is 12.1 Å². The van der Waals surface area contributed by atoms with Crippen LogP contribution in [0.5, 0.6) is 6.01 Å². The summed E-state index contributed by atoms with van der Waals surface area (Å²) in [5.74, 6) is 0.481. The van der Waals surface area contributed by atoms with Gasteiger partial charge >= 0.3 is 6.01 Å². The Kier molecular flexibility index (Phi) is 6.82. The van der Waals surface area contributed by atoms with Crippen LogP contribution in [0.1, 0.15) is 61.4 Å². The molecule has 0 amide bonds. The van der Waals surface area contributed by atoms with Crippen LogP contribution in [0, 0.1) is 5.41 Å². The van der Waals surface area contributed by atoms with Gasteiger partial charge < -0.3 is 19.7 Å². The van der Waals surface area contributed by atoms with E-state index >= 15 is 0 Å². The predicted octanol–water partition coefficient (Wildman–Crippen LogP) is 5.34. The summed E-state index contributed by atoms with van der Waals surface area (Å²) in [4.78, 5) is 15.3. The van der Waals surface area contributed by atoms with Crippen molar-refractivity contribution in [1.29, 1.82) is 0 Å². The van der Waals surface area contributed by atoms with Crippen LogP contribution < -0.4 is 15.0 Å². The molecule has 4 fully saturated rings. The third-order valence-corrected chi connectivity index (χ3v) is 10.6. The highest BCUT2D eigenvalue weighted by atomic mass is 35.5. The fourth-order valence-electron chi connectivity index (χ4n) is 7.84. The first-order valence-electron chi connectivity index (χ1n) is 15.6. The van der Waals surface area contributed by atoms with Crippen molar-refractivity contribution in [2.24, 2.45) is 5.41 Å². The zero-order chi connectivity index (χ0) is 27.4. The molecule has 216 valence electrons. The first-order valence-corrected chi connectivity index (χ1v) is 16.0. The largest absolute Gasteiger partial charge is 0.463 e. The van der Waals surface area contributed by atoms with E-state index in [2.05, 4.69) is 39.4 Å². The van der Waals surface area contributed by atoms with Crippen LogP contribution in [0.25, 0.3) is 10.8 Å². The Morgan fingerprint density at radius 1 is 1.00 bits per heavy atom. The summed E-state index contributed by atoms with van der Waals surface area (Å²) in [6.07, 6.45) is 8.30. The van der Waals surface area contributed by atoms with Crippen molar-refractivity contribution in [2.75, 3.05) is 50.9 Å². The average molecular weight is 574 g/mol. The normalized spacial score (nSPS) is 27.1. The minimum atomic E-state index is 0.233. The van der Waals surface area contributed by atoms with Gasteiger partial charge in [0.2, 0.25) is 0 Å². The molecule has 1 saturated carbocycles. The number of benzene rings is 2. The number of nitrogens with one attached hydrogen (secondary N) is 1. The fraction of sp³-hybridized carbons (Fsp3) is 0.576. The SMILES string of the molecule is Clc1cccc2cccc(N3CCc4c(nc(OCC5(CN6CCOCC6)CC5)nc4[C@H]4C[C@H]5CC[C@@H](C4)N5)C3)c12. The van der Waals surface area contributed by atoms with Crippen LogP contribution in [0.15, 0.2) is 36.4 Å². The monoisotopic (exact) mass is 573 g/mol. The van der Waals surface area contributed by atoms with E-state index in [9.17, 15) is 0 Å². The molecule has 0 radical (unpaired) electrons. The zero-order valence-corrected chi connectivity index (χ0v) is 24.5. The summed E-state index contributed by atoms with van der Waals surface area (Å²) >= 11 is 6.74. The number of hydrogen-bond acceptors (Lipinski definition) is 7. The summed E-state index contributed by atoms with van der Waals surface area (Å²) < 4.78 is 12.1. The van der Waals surface area contributed by atoms with Crippen LogP contribution in [0.3, 0.4) is 0 Å². The Morgan fingerprint density at radius 3 is 2.56 bits per heavy atom. The number of nitrogens with zero attached hydrogens (tertiary/aromatic N) is 4. The topological polar surface area (TPSA) is 62.8 Å². The second-order valence-electron chi connectivity index (χ2n) is 13.1. The van der Waals surface area contributed by atoms with Gasteiger partial charge in [0, 0.05) is 60.7 Å². The van der Waals surface area contributed by atoms with E-state index in [1.165, 1.54) is 60.9 Å². The first-order chi connectivity index (χ1) is 20.1. The molecule has 1 aromatic heterocycles. The minimum Gasteiger partial charge on any atom is -0.463 e. The second kappa shape index (κ2) is 10.7. The number of fused-ring (bicyclic) bond motifs is 4. The van der Waals surface area contributed by atoms with Crippen molar-refractivity contribution >= 4 is 28.1 Å². The highest BCUT2D eigenvalue weighted by molar-refractivity contribution is 6.36. The standard InChI is InChI=1S/C33H40ClN5O2/c34-27-5-1-3-22-4-2-6-29(30(22)27)39-12-9-26-28(19-39)36-32(37-31(26)23-17-24-7-8-25(18-23)35-24)41-21-33(10-11-33)20-38-13-15-40-16-14-38/h1-6,23-25,35H,7-21H2/t23-,24+,25-. The number of hydrogen-bond donors (Lipinski definition) is 1. The summed E-state index contributed by atoms with van der Waals surface area (Å²) in [5.41, 5.74) is 5.17. The van der Waals surface area contributed by atoms with E-state index in [-0.39, 0.29) is 5.41 Å². The predicted molar refractivity (Wildman–Crippen MR) is 162 cm³/mol. The molecule has 3 saturated heterocycles. The van der Waals surface area contributed by atoms with E-state index in [0.717, 1.165) is 68.5 Å². The number of morpholine rings is 1. The molecule has 2 bridgehead atoms. The lowest BCUT2D eigenvalue weighted by Crippen LogP contribution is -2.41. The molecule has 7 nitrogen and oxygen atoms in total. The molecular formula is C33H40ClN5O2. The molecule has 0 unspecified atom stereocenters. The summed E-state index contributed by atoms with van der Waals surface area (Å²) in [6, 6.07) is 14.5. The Balaban J connectivity index is 1.09. The number of rotatable bonds is 7. The number of anilines is 1. The molecule has 1 aliphatic carbocycles. The Morgan fingerprint density at radius 2 is 1.78 bits per heavy atom. The molecule has 41 heavy (non-hydrogen) atoms. The minimum absolute atomic E-state index is 0.233. The van der Waals surface area contributed by atoms with Gasteiger partial charge in [-0.05, 0) is 68.0 Å². The number of piperidine rings is 1. The van der Waals surface area contributed by atoms with Crippen LogP contribution in [-0.2, 0) is 17.7 Å². The number of aromatic nitrogens is 2. The van der Waals surface area contributed by atoms with Crippen LogP contribution >= 0.6 is 11.6 Å². The molecule has 3 aromatic rings. The van der Waals surface area contributed by atoms with E-state index in [1.54, 1.807) is 0 Å². The maximum atomic E-state index is 6.74. The van der Waals surface area contributed by atoms with Gasteiger partial charge in [0.25, 0.3) is 0 Å². The molecule has 1 N–H and O–H groups in total. The third kappa shape index (κ3) is 5.20. The average Bonchev–Trinajstić information content (AvgIpc) is 3.69. The first kappa shape index (κ1) is 26.2. The molecule has 3 atom stereocenters. The lowest BCUT2D eigenvalue weighted by molar-refractivity contribution is 0.0231. The summed E-state index contributed by atoms with van der Waals surface area (Å²) in [7, 11) is 0. The number of halogens is 1. The lowest BCUT2D eigenvalue weighted by atomic mass is 9.85. The smallest absolute Gasteiger partial charge is 0.316 e. The molecule has 2 aromatic carbocycles. The van der Waals surface area contributed by atoms with Crippen LogP contribution in [-0.4, -0.2) is 73.0 Å². The van der Waals surface area contributed by atoms with Gasteiger partial charge in [0.1, 0.15) is 0 Å². The van der Waals surface area contributed by atoms with Crippen molar-refractivity contribution in [2.45, 2.75) is 69.5 Å². The quantitative estimate of drug-likeness (QED) is 0.409. The van der Waals surface area contributed by atoms with Gasteiger partial charge in [-0.25, -0.2) is 0 Å². The van der Waals surface area contributed by atoms with Crippen molar-refractivity contribution < 1.29 is 9.47 Å². The van der Waals surface area contributed by atoms with E-state index in [4.69, 9.17) is 31.0 Å².